The van der Waals surface area contributed by atoms with Crippen LogP contribution in [-0.2, 0) is 28.9 Å². The highest BCUT2D eigenvalue weighted by Crippen LogP contribution is 2.26. The molecule has 1 aliphatic heterocycles. The minimum atomic E-state index is -5.12. The average Bonchev–Trinajstić information content (AvgIpc) is 3.20. The molecule has 0 saturated carbocycles. The minimum absolute atomic E-state index is 0.236. The lowest BCUT2D eigenvalue weighted by Crippen LogP contribution is -2.61. The van der Waals surface area contributed by atoms with Crippen LogP contribution in [0.2, 0.25) is 0 Å². The topological polar surface area (TPSA) is 212 Å². The van der Waals surface area contributed by atoms with Crippen molar-refractivity contribution in [3.8, 4) is 0 Å². The van der Waals surface area contributed by atoms with Crippen molar-refractivity contribution in [2.75, 3.05) is 13.2 Å². The van der Waals surface area contributed by atoms with E-state index in [1.165, 1.54) is 109 Å². The number of allylic oxidation sites excluding steroid dienone is 5. The fourth-order valence-corrected chi connectivity index (χ4v) is 7.59. The molecule has 0 radical (unpaired) electrons. The summed E-state index contributed by atoms with van der Waals surface area (Å²) >= 11 is 0. The van der Waals surface area contributed by atoms with E-state index >= 15 is 0 Å². The van der Waals surface area contributed by atoms with Crippen molar-refractivity contribution in [1.29, 1.82) is 0 Å². The van der Waals surface area contributed by atoms with Crippen LogP contribution < -0.4 is 5.32 Å². The molecular weight excluding hydrogens is 779 g/mol. The van der Waals surface area contributed by atoms with Crippen LogP contribution in [0.1, 0.15) is 181 Å². The minimum Gasteiger partial charge on any atom is -0.394 e. The SMILES string of the molecule is CCCCCCCC/C=C/CC/C=C/CC/C=C/C(O)C(COC1OC(CO)C(O)C(OS(=O)(=O)O)C1O)NC(=O)C(O)CCCCCCCCCCCCCCCC. The molecule has 14 heteroatoms. The first-order valence-electron chi connectivity index (χ1n) is 23.0. The maximum absolute atomic E-state index is 13.1. The van der Waals surface area contributed by atoms with E-state index in [0.717, 1.165) is 44.9 Å². The van der Waals surface area contributed by atoms with E-state index in [9.17, 15) is 43.3 Å². The molecule has 1 amide bonds. The number of amides is 1. The molecule has 8 unspecified atom stereocenters. The maximum atomic E-state index is 13.1. The highest BCUT2D eigenvalue weighted by atomic mass is 32.3. The molecule has 0 aliphatic carbocycles. The molecule has 1 rings (SSSR count). The first-order valence-corrected chi connectivity index (χ1v) is 24.3. The van der Waals surface area contributed by atoms with Crippen LogP contribution in [0, 0.1) is 0 Å². The van der Waals surface area contributed by atoms with Gasteiger partial charge in [0, 0.05) is 0 Å². The molecule has 13 nitrogen and oxygen atoms in total. The van der Waals surface area contributed by atoms with Gasteiger partial charge in [0.2, 0.25) is 5.91 Å². The Hall–Kier alpha value is -1.72. The standard InChI is InChI=1S/C45H83NO12S/c1-3-5-7-9-11-13-15-17-19-20-22-23-25-27-29-31-33-38(48)37(36-56-45-42(51)43(58-59(53,54)55)41(50)40(35-47)57-45)46-44(52)39(49)34-32-30-28-26-24-21-18-16-14-12-10-8-6-4-2/h17,19,23,25,31,33,37-43,45,47-51H,3-16,18,20-22,24,26-30,32,34-36H2,1-2H3,(H,46,52)(H,53,54,55)/b19-17+,25-23+,33-31+. The third-order valence-corrected chi connectivity index (χ3v) is 11.2. The molecule has 0 aromatic heterocycles. The highest BCUT2D eigenvalue weighted by Gasteiger charge is 2.48. The number of unbranched alkanes of at least 4 members (excludes halogenated alkanes) is 21. The molecule has 7 N–H and O–H groups in total. The van der Waals surface area contributed by atoms with Gasteiger partial charge in [0.25, 0.3) is 0 Å². The normalized spacial score (nSPS) is 21.8. The number of ether oxygens (including phenoxy) is 2. The first kappa shape index (κ1) is 55.3. The van der Waals surface area contributed by atoms with E-state index in [0.29, 0.717) is 12.8 Å². The Balaban J connectivity index is 2.64. The summed E-state index contributed by atoms with van der Waals surface area (Å²) in [5.41, 5.74) is 0. The van der Waals surface area contributed by atoms with Crippen LogP contribution in [0.5, 0.6) is 0 Å². The predicted molar refractivity (Wildman–Crippen MR) is 233 cm³/mol. The molecule has 1 saturated heterocycles. The van der Waals surface area contributed by atoms with E-state index in [4.69, 9.17) is 9.47 Å². The Morgan fingerprint density at radius 1 is 0.678 bits per heavy atom. The van der Waals surface area contributed by atoms with Gasteiger partial charge in [-0.2, -0.15) is 8.42 Å². The molecule has 346 valence electrons. The highest BCUT2D eigenvalue weighted by molar-refractivity contribution is 7.80. The quantitative estimate of drug-likeness (QED) is 0.0181. The fraction of sp³-hybridized carbons (Fsp3) is 0.844. The summed E-state index contributed by atoms with van der Waals surface area (Å²) in [6, 6.07) is -1.14. The summed E-state index contributed by atoms with van der Waals surface area (Å²) < 4.78 is 47.4. The van der Waals surface area contributed by atoms with Crippen LogP contribution in [-0.4, -0.2) is 107 Å². The molecule has 0 aromatic carbocycles. The Labute approximate surface area is 357 Å². The largest absolute Gasteiger partial charge is 0.397 e. The Morgan fingerprint density at radius 3 is 1.63 bits per heavy atom. The number of carbonyl (C=O) groups excluding carboxylic acids is 1. The number of hydrogen-bond acceptors (Lipinski definition) is 11. The van der Waals surface area contributed by atoms with Gasteiger partial charge in [-0.05, 0) is 44.9 Å². The van der Waals surface area contributed by atoms with Crippen LogP contribution in [0.3, 0.4) is 0 Å². The van der Waals surface area contributed by atoms with Crippen molar-refractivity contribution in [1.82, 2.24) is 5.32 Å². The zero-order valence-electron chi connectivity index (χ0n) is 36.4. The van der Waals surface area contributed by atoms with Crippen molar-refractivity contribution in [3.63, 3.8) is 0 Å². The molecule has 0 bridgehead atoms. The predicted octanol–water partition coefficient (Wildman–Crippen LogP) is 7.69. The van der Waals surface area contributed by atoms with Gasteiger partial charge in [0.05, 0.1) is 25.4 Å². The summed E-state index contributed by atoms with van der Waals surface area (Å²) in [7, 11) is -5.12. The second-order valence-electron chi connectivity index (χ2n) is 16.1. The summed E-state index contributed by atoms with van der Waals surface area (Å²) in [6.07, 6.45) is 29.4. The van der Waals surface area contributed by atoms with Crippen molar-refractivity contribution < 1.29 is 57.0 Å². The van der Waals surface area contributed by atoms with Gasteiger partial charge in [-0.25, -0.2) is 4.18 Å². The second kappa shape index (κ2) is 35.8. The zero-order chi connectivity index (χ0) is 43.6. The fourth-order valence-electron chi connectivity index (χ4n) is 7.08. The van der Waals surface area contributed by atoms with Crippen LogP contribution >= 0.6 is 0 Å². The maximum Gasteiger partial charge on any atom is 0.397 e. The van der Waals surface area contributed by atoms with Crippen molar-refractivity contribution in [3.05, 3.63) is 36.5 Å². The third-order valence-electron chi connectivity index (χ3n) is 10.8. The number of rotatable bonds is 38. The number of nitrogens with one attached hydrogen (secondary N) is 1. The van der Waals surface area contributed by atoms with E-state index < -0.39 is 78.5 Å². The Bertz CT molecular complexity index is 1220. The van der Waals surface area contributed by atoms with Crippen LogP contribution in [0.25, 0.3) is 0 Å². The number of aliphatic hydroxyl groups excluding tert-OH is 5. The van der Waals surface area contributed by atoms with Crippen molar-refractivity contribution in [2.45, 2.75) is 230 Å². The molecular formula is C45H83NO12S. The van der Waals surface area contributed by atoms with Crippen LogP contribution in [0.15, 0.2) is 36.5 Å². The molecule has 0 aromatic rings. The van der Waals surface area contributed by atoms with Gasteiger partial charge in [0.1, 0.15) is 30.5 Å². The van der Waals surface area contributed by atoms with E-state index in [1.54, 1.807) is 6.08 Å². The van der Waals surface area contributed by atoms with Gasteiger partial charge >= 0.3 is 10.4 Å². The first-order chi connectivity index (χ1) is 28.4. The van der Waals surface area contributed by atoms with Gasteiger partial charge in [0.15, 0.2) is 6.29 Å². The monoisotopic (exact) mass is 862 g/mol. The number of hydrogen-bond donors (Lipinski definition) is 7. The van der Waals surface area contributed by atoms with Gasteiger partial charge < -0.3 is 40.3 Å². The number of carbonyl (C=O) groups is 1. The summed E-state index contributed by atoms with van der Waals surface area (Å²) in [6.45, 7) is 3.17. The van der Waals surface area contributed by atoms with E-state index in [-0.39, 0.29) is 6.42 Å². The lowest BCUT2D eigenvalue weighted by molar-refractivity contribution is -0.298. The van der Waals surface area contributed by atoms with Crippen molar-refractivity contribution >= 4 is 16.3 Å². The summed E-state index contributed by atoms with van der Waals surface area (Å²) in [4.78, 5) is 13.1. The molecule has 0 spiro atoms. The van der Waals surface area contributed by atoms with Gasteiger partial charge in [-0.1, -0.05) is 172 Å². The lowest BCUT2D eigenvalue weighted by atomic mass is 9.99. The Morgan fingerprint density at radius 2 is 1.14 bits per heavy atom. The molecule has 59 heavy (non-hydrogen) atoms. The van der Waals surface area contributed by atoms with Gasteiger partial charge in [-0.3, -0.25) is 9.35 Å². The molecule has 1 fully saturated rings. The smallest absolute Gasteiger partial charge is 0.394 e. The third kappa shape index (κ3) is 28.5. The van der Waals surface area contributed by atoms with Crippen molar-refractivity contribution in [2.24, 2.45) is 0 Å². The molecule has 1 aliphatic rings. The summed E-state index contributed by atoms with van der Waals surface area (Å²) in [5.74, 6) is -0.717. The lowest BCUT2D eigenvalue weighted by Gasteiger charge is -2.41. The molecule has 8 atom stereocenters. The summed E-state index contributed by atoms with van der Waals surface area (Å²) in [5, 5.41) is 55.1. The zero-order valence-corrected chi connectivity index (χ0v) is 37.2. The average molecular weight is 862 g/mol. The molecule has 1 heterocycles. The van der Waals surface area contributed by atoms with Crippen LogP contribution in [0.4, 0.5) is 0 Å². The van der Waals surface area contributed by atoms with Gasteiger partial charge in [-0.15, -0.1) is 0 Å². The number of aliphatic hydroxyl groups is 5. The second-order valence-corrected chi connectivity index (χ2v) is 17.2. The van der Waals surface area contributed by atoms with E-state index in [2.05, 4.69) is 47.7 Å². The van der Waals surface area contributed by atoms with E-state index in [1.807, 2.05) is 0 Å². The Kier molecular flexibility index (Phi) is 33.6.